The van der Waals surface area contributed by atoms with Gasteiger partial charge in [-0.15, -0.1) is 0 Å². The van der Waals surface area contributed by atoms with Crippen molar-refractivity contribution < 1.29 is 14.3 Å². The van der Waals surface area contributed by atoms with Crippen molar-refractivity contribution in [3.05, 3.63) is 70.8 Å². The van der Waals surface area contributed by atoms with Crippen molar-refractivity contribution in [3.63, 3.8) is 0 Å². The zero-order chi connectivity index (χ0) is 19.9. The summed E-state index contributed by atoms with van der Waals surface area (Å²) in [6.45, 7) is 3.15. The molecule has 0 saturated heterocycles. The standard InChI is InChI=1S/C20H21ClN4O3/c1-3-28-20(26)19-15(11-22-10-14-4-7-17(27-2)8-5-14)13-25(24-19)16-6-9-18(21)23-12-16/h4-9,12-13,22H,3,10-11H2,1-2H3. The summed E-state index contributed by atoms with van der Waals surface area (Å²) in [6, 6.07) is 11.2. The van der Waals surface area contributed by atoms with Gasteiger partial charge in [-0.2, -0.15) is 5.10 Å². The van der Waals surface area contributed by atoms with Gasteiger partial charge in [0.25, 0.3) is 0 Å². The quantitative estimate of drug-likeness (QED) is 0.461. The number of hydrogen-bond acceptors (Lipinski definition) is 6. The van der Waals surface area contributed by atoms with E-state index >= 15 is 0 Å². The number of methoxy groups -OCH3 is 1. The number of aromatic nitrogens is 3. The van der Waals surface area contributed by atoms with Crippen molar-refractivity contribution in [2.24, 2.45) is 0 Å². The first-order chi connectivity index (χ1) is 13.6. The normalized spacial score (nSPS) is 10.7. The lowest BCUT2D eigenvalue weighted by atomic mass is 10.2. The molecule has 1 aromatic carbocycles. The SMILES string of the molecule is CCOC(=O)c1nn(-c2ccc(Cl)nc2)cc1CNCc1ccc(OC)cc1. The molecule has 1 N–H and O–H groups in total. The number of carbonyl (C=O) groups excluding carboxylic acids is 1. The Morgan fingerprint density at radius 3 is 2.61 bits per heavy atom. The minimum Gasteiger partial charge on any atom is -0.497 e. The highest BCUT2D eigenvalue weighted by Crippen LogP contribution is 2.16. The molecule has 0 aliphatic carbocycles. The van der Waals surface area contributed by atoms with Crippen LogP contribution in [-0.2, 0) is 17.8 Å². The molecule has 8 heteroatoms. The van der Waals surface area contributed by atoms with Gasteiger partial charge in [-0.25, -0.2) is 14.5 Å². The highest BCUT2D eigenvalue weighted by atomic mass is 35.5. The highest BCUT2D eigenvalue weighted by molar-refractivity contribution is 6.29. The van der Waals surface area contributed by atoms with E-state index in [1.807, 2.05) is 24.3 Å². The number of rotatable bonds is 8. The van der Waals surface area contributed by atoms with E-state index in [1.54, 1.807) is 43.2 Å². The lowest BCUT2D eigenvalue weighted by molar-refractivity contribution is 0.0517. The average Bonchev–Trinajstić information content (AvgIpc) is 3.13. The zero-order valence-electron chi connectivity index (χ0n) is 15.7. The molecule has 3 rings (SSSR count). The Balaban J connectivity index is 1.75. The Morgan fingerprint density at radius 1 is 1.18 bits per heavy atom. The minimum absolute atomic E-state index is 0.277. The van der Waals surface area contributed by atoms with Crippen molar-refractivity contribution >= 4 is 17.6 Å². The van der Waals surface area contributed by atoms with Crippen LogP contribution in [0.5, 0.6) is 5.75 Å². The van der Waals surface area contributed by atoms with Crippen molar-refractivity contribution in [2.45, 2.75) is 20.0 Å². The highest BCUT2D eigenvalue weighted by Gasteiger charge is 2.18. The van der Waals surface area contributed by atoms with E-state index in [4.69, 9.17) is 21.1 Å². The number of pyridine rings is 1. The number of hydrogen-bond donors (Lipinski definition) is 1. The van der Waals surface area contributed by atoms with Crippen molar-refractivity contribution in [3.8, 4) is 11.4 Å². The summed E-state index contributed by atoms with van der Waals surface area (Å²) in [5.41, 5.74) is 2.82. The van der Waals surface area contributed by atoms with Gasteiger partial charge in [0.1, 0.15) is 10.9 Å². The van der Waals surface area contributed by atoms with Crippen LogP contribution in [0.2, 0.25) is 5.15 Å². The third-order valence-corrected chi connectivity index (χ3v) is 4.26. The monoisotopic (exact) mass is 400 g/mol. The second kappa shape index (κ2) is 9.34. The molecule has 0 amide bonds. The molecule has 0 fully saturated rings. The number of benzene rings is 1. The van der Waals surface area contributed by atoms with Crippen LogP contribution < -0.4 is 10.1 Å². The summed E-state index contributed by atoms with van der Waals surface area (Å²) in [6.07, 6.45) is 3.39. The maximum Gasteiger partial charge on any atom is 0.359 e. The summed E-state index contributed by atoms with van der Waals surface area (Å²) < 4.78 is 11.9. The fraction of sp³-hybridized carbons (Fsp3) is 0.250. The smallest absolute Gasteiger partial charge is 0.359 e. The topological polar surface area (TPSA) is 78.3 Å². The first-order valence-corrected chi connectivity index (χ1v) is 9.19. The van der Waals surface area contributed by atoms with Gasteiger partial charge >= 0.3 is 5.97 Å². The van der Waals surface area contributed by atoms with E-state index in [0.717, 1.165) is 16.9 Å². The van der Waals surface area contributed by atoms with E-state index in [1.165, 1.54) is 0 Å². The van der Waals surface area contributed by atoms with Crippen LogP contribution >= 0.6 is 11.6 Å². The third-order valence-electron chi connectivity index (χ3n) is 4.04. The number of halogens is 1. The van der Waals surface area contributed by atoms with Crippen LogP contribution in [0.25, 0.3) is 5.69 Å². The van der Waals surface area contributed by atoms with E-state index in [2.05, 4.69) is 15.4 Å². The third kappa shape index (κ3) is 4.88. The van der Waals surface area contributed by atoms with Crippen LogP contribution in [0.3, 0.4) is 0 Å². The molecule has 7 nitrogen and oxygen atoms in total. The molecule has 0 unspecified atom stereocenters. The fourth-order valence-corrected chi connectivity index (χ4v) is 2.74. The number of esters is 1. The van der Waals surface area contributed by atoms with Crippen LogP contribution in [0.1, 0.15) is 28.5 Å². The summed E-state index contributed by atoms with van der Waals surface area (Å²) in [5.74, 6) is 0.357. The second-order valence-electron chi connectivity index (χ2n) is 5.96. The van der Waals surface area contributed by atoms with Gasteiger partial charge in [0, 0.05) is 24.8 Å². The molecule has 2 aromatic heterocycles. The largest absolute Gasteiger partial charge is 0.497 e. The van der Waals surface area contributed by atoms with Gasteiger partial charge in [-0.1, -0.05) is 23.7 Å². The Bertz CT molecular complexity index is 924. The van der Waals surface area contributed by atoms with E-state index in [-0.39, 0.29) is 12.3 Å². The Kier molecular flexibility index (Phi) is 6.62. The number of carbonyl (C=O) groups is 1. The molecule has 0 aliphatic heterocycles. The summed E-state index contributed by atoms with van der Waals surface area (Å²) in [5, 5.41) is 8.10. The molecule has 0 bridgehead atoms. The van der Waals surface area contributed by atoms with Gasteiger partial charge in [0.2, 0.25) is 0 Å². The fourth-order valence-electron chi connectivity index (χ4n) is 2.63. The van der Waals surface area contributed by atoms with Gasteiger partial charge in [0.05, 0.1) is 25.6 Å². The lowest BCUT2D eigenvalue weighted by Gasteiger charge is -2.06. The maximum absolute atomic E-state index is 12.3. The maximum atomic E-state index is 12.3. The molecule has 146 valence electrons. The Hall–Kier alpha value is -2.90. The van der Waals surface area contributed by atoms with E-state index in [9.17, 15) is 4.79 Å². The van der Waals surface area contributed by atoms with Gasteiger partial charge < -0.3 is 14.8 Å². The predicted molar refractivity (Wildman–Crippen MR) is 106 cm³/mol. The molecular formula is C20H21ClN4O3. The first-order valence-electron chi connectivity index (χ1n) is 8.82. The van der Waals surface area contributed by atoms with Crippen molar-refractivity contribution in [1.29, 1.82) is 0 Å². The number of ether oxygens (including phenoxy) is 2. The van der Waals surface area contributed by atoms with Gasteiger partial charge in [-0.05, 0) is 36.8 Å². The van der Waals surface area contributed by atoms with Gasteiger partial charge in [0.15, 0.2) is 5.69 Å². The molecule has 0 radical (unpaired) electrons. The van der Waals surface area contributed by atoms with E-state index < -0.39 is 5.97 Å². The molecule has 2 heterocycles. The Labute approximate surface area is 168 Å². The molecular weight excluding hydrogens is 380 g/mol. The minimum atomic E-state index is -0.454. The summed E-state index contributed by atoms with van der Waals surface area (Å²) >= 11 is 5.84. The molecule has 3 aromatic rings. The average molecular weight is 401 g/mol. The van der Waals surface area contributed by atoms with E-state index in [0.29, 0.717) is 23.9 Å². The van der Waals surface area contributed by atoms with Crippen LogP contribution in [-0.4, -0.2) is 34.5 Å². The molecule has 0 aliphatic rings. The lowest BCUT2D eigenvalue weighted by Crippen LogP contribution is -2.15. The van der Waals surface area contributed by atoms with Crippen LogP contribution in [0.4, 0.5) is 0 Å². The van der Waals surface area contributed by atoms with Gasteiger partial charge in [-0.3, -0.25) is 0 Å². The second-order valence-corrected chi connectivity index (χ2v) is 6.35. The summed E-state index contributed by atoms with van der Waals surface area (Å²) in [7, 11) is 1.64. The molecule has 0 spiro atoms. The number of nitrogens with one attached hydrogen (secondary N) is 1. The van der Waals surface area contributed by atoms with Crippen molar-refractivity contribution in [1.82, 2.24) is 20.1 Å². The van der Waals surface area contributed by atoms with Crippen molar-refractivity contribution in [2.75, 3.05) is 13.7 Å². The zero-order valence-corrected chi connectivity index (χ0v) is 16.4. The molecule has 0 saturated carbocycles. The first kappa shape index (κ1) is 19.9. The Morgan fingerprint density at radius 2 is 1.96 bits per heavy atom. The molecule has 28 heavy (non-hydrogen) atoms. The molecule has 0 atom stereocenters. The summed E-state index contributed by atoms with van der Waals surface area (Å²) in [4.78, 5) is 16.3. The van der Waals surface area contributed by atoms with Crippen LogP contribution in [0, 0.1) is 0 Å². The van der Waals surface area contributed by atoms with Crippen LogP contribution in [0.15, 0.2) is 48.8 Å². The number of nitrogens with zero attached hydrogens (tertiary/aromatic N) is 3. The predicted octanol–water partition coefficient (Wildman–Crippen LogP) is 3.40.